The van der Waals surface area contributed by atoms with E-state index in [1.165, 1.54) is 5.56 Å². The third kappa shape index (κ3) is 3.45. The number of oxazole rings is 1. The van der Waals surface area contributed by atoms with Crippen molar-refractivity contribution in [3.05, 3.63) is 53.7 Å². The van der Waals surface area contributed by atoms with Crippen LogP contribution in [0.2, 0.25) is 0 Å². The van der Waals surface area contributed by atoms with Crippen molar-refractivity contribution in [2.75, 3.05) is 0 Å². The molecular formula is C15H19NO. The topological polar surface area (TPSA) is 26.0 Å². The van der Waals surface area contributed by atoms with Gasteiger partial charge < -0.3 is 4.42 Å². The Morgan fingerprint density at radius 3 is 2.47 bits per heavy atom. The second kappa shape index (κ2) is 4.74. The van der Waals surface area contributed by atoms with Crippen molar-refractivity contribution in [3.8, 4) is 0 Å². The molecule has 1 aromatic carbocycles. The summed E-state index contributed by atoms with van der Waals surface area (Å²) < 4.78 is 5.50. The normalized spacial score (nSPS) is 11.7. The van der Waals surface area contributed by atoms with Gasteiger partial charge in [-0.15, -0.1) is 0 Å². The second-order valence-corrected chi connectivity index (χ2v) is 5.62. The fraction of sp³-hybridized carbons (Fsp3) is 0.400. The molecule has 17 heavy (non-hydrogen) atoms. The smallest absolute Gasteiger partial charge is 0.181 e. The summed E-state index contributed by atoms with van der Waals surface area (Å²) in [5, 5.41) is 0. The van der Waals surface area contributed by atoms with Crippen LogP contribution in [0.25, 0.3) is 0 Å². The maximum absolute atomic E-state index is 5.50. The van der Waals surface area contributed by atoms with Crippen LogP contribution in [-0.2, 0) is 12.8 Å². The molecule has 0 aliphatic rings. The van der Waals surface area contributed by atoms with E-state index in [1.54, 1.807) is 6.39 Å². The molecule has 0 N–H and O–H groups in total. The Morgan fingerprint density at radius 2 is 1.82 bits per heavy atom. The molecule has 0 aliphatic carbocycles. The Hall–Kier alpha value is -1.57. The molecule has 0 unspecified atom stereocenters. The maximum Gasteiger partial charge on any atom is 0.181 e. The molecule has 0 atom stereocenters. The first-order valence-corrected chi connectivity index (χ1v) is 6.00. The standard InChI is InChI=1S/C15H19NO/c1-15(2,3)10-13-14(17-11-16-13)9-12-7-5-4-6-8-12/h4-8,11H,9-10H2,1-3H3. The highest BCUT2D eigenvalue weighted by molar-refractivity contribution is 5.22. The predicted molar refractivity (Wildman–Crippen MR) is 68.9 cm³/mol. The molecule has 2 aromatic rings. The molecule has 2 rings (SSSR count). The van der Waals surface area contributed by atoms with Gasteiger partial charge in [-0.3, -0.25) is 0 Å². The minimum absolute atomic E-state index is 0.238. The van der Waals surface area contributed by atoms with Gasteiger partial charge >= 0.3 is 0 Å². The zero-order valence-electron chi connectivity index (χ0n) is 10.7. The predicted octanol–water partition coefficient (Wildman–Crippen LogP) is 3.85. The quantitative estimate of drug-likeness (QED) is 0.799. The molecule has 2 nitrogen and oxygen atoms in total. The summed E-state index contributed by atoms with van der Waals surface area (Å²) in [6, 6.07) is 10.4. The van der Waals surface area contributed by atoms with E-state index in [9.17, 15) is 0 Å². The fourth-order valence-corrected chi connectivity index (χ4v) is 1.87. The number of aromatic nitrogens is 1. The van der Waals surface area contributed by atoms with E-state index >= 15 is 0 Å². The highest BCUT2D eigenvalue weighted by atomic mass is 16.3. The summed E-state index contributed by atoms with van der Waals surface area (Å²) in [5.74, 6) is 0.992. The van der Waals surface area contributed by atoms with Crippen molar-refractivity contribution in [2.24, 2.45) is 5.41 Å². The van der Waals surface area contributed by atoms with Crippen LogP contribution in [0.5, 0.6) is 0 Å². The number of rotatable bonds is 3. The van der Waals surface area contributed by atoms with Crippen molar-refractivity contribution in [2.45, 2.75) is 33.6 Å². The van der Waals surface area contributed by atoms with Crippen molar-refractivity contribution < 1.29 is 4.42 Å². The monoisotopic (exact) mass is 229 g/mol. The van der Waals surface area contributed by atoms with E-state index in [-0.39, 0.29) is 5.41 Å². The average Bonchev–Trinajstić information content (AvgIpc) is 2.65. The summed E-state index contributed by atoms with van der Waals surface area (Å²) in [6.07, 6.45) is 3.33. The van der Waals surface area contributed by atoms with Gasteiger partial charge in [0.1, 0.15) is 5.76 Å². The first-order chi connectivity index (χ1) is 8.04. The SMILES string of the molecule is CC(C)(C)Cc1ncoc1Cc1ccccc1. The Labute approximate surface area is 103 Å². The lowest BCUT2D eigenvalue weighted by atomic mass is 9.89. The average molecular weight is 229 g/mol. The fourth-order valence-electron chi connectivity index (χ4n) is 1.87. The van der Waals surface area contributed by atoms with Crippen LogP contribution >= 0.6 is 0 Å². The molecule has 0 amide bonds. The van der Waals surface area contributed by atoms with Gasteiger partial charge in [-0.25, -0.2) is 4.98 Å². The van der Waals surface area contributed by atoms with Gasteiger partial charge in [0, 0.05) is 6.42 Å². The van der Waals surface area contributed by atoms with Crippen molar-refractivity contribution in [3.63, 3.8) is 0 Å². The number of hydrogen-bond donors (Lipinski definition) is 0. The van der Waals surface area contributed by atoms with Crippen molar-refractivity contribution >= 4 is 0 Å². The molecule has 1 aromatic heterocycles. The van der Waals surface area contributed by atoms with E-state index in [2.05, 4.69) is 50.0 Å². The highest BCUT2D eigenvalue weighted by Gasteiger charge is 2.17. The second-order valence-electron chi connectivity index (χ2n) is 5.62. The molecule has 0 bridgehead atoms. The first-order valence-electron chi connectivity index (χ1n) is 6.00. The molecule has 0 fully saturated rings. The van der Waals surface area contributed by atoms with Crippen molar-refractivity contribution in [1.29, 1.82) is 0 Å². The van der Waals surface area contributed by atoms with Crippen LogP contribution in [0.4, 0.5) is 0 Å². The summed E-state index contributed by atoms with van der Waals surface area (Å²) in [4.78, 5) is 4.33. The lowest BCUT2D eigenvalue weighted by Crippen LogP contribution is -2.11. The van der Waals surface area contributed by atoms with Gasteiger partial charge in [0.25, 0.3) is 0 Å². The van der Waals surface area contributed by atoms with E-state index in [0.29, 0.717) is 0 Å². The van der Waals surface area contributed by atoms with Gasteiger partial charge in [0.05, 0.1) is 5.69 Å². The summed E-state index contributed by atoms with van der Waals surface area (Å²) in [6.45, 7) is 6.65. The maximum atomic E-state index is 5.50. The van der Waals surface area contributed by atoms with Crippen molar-refractivity contribution in [1.82, 2.24) is 4.98 Å². The Morgan fingerprint density at radius 1 is 1.12 bits per heavy atom. The Kier molecular flexibility index (Phi) is 3.32. The number of hydrogen-bond acceptors (Lipinski definition) is 2. The lowest BCUT2D eigenvalue weighted by molar-refractivity contribution is 0.402. The van der Waals surface area contributed by atoms with Gasteiger partial charge in [0.15, 0.2) is 6.39 Å². The van der Waals surface area contributed by atoms with E-state index in [4.69, 9.17) is 4.42 Å². The first kappa shape index (κ1) is 11.9. The van der Waals surface area contributed by atoms with Gasteiger partial charge in [-0.2, -0.15) is 0 Å². The molecule has 0 radical (unpaired) electrons. The molecule has 0 saturated carbocycles. The summed E-state index contributed by atoms with van der Waals surface area (Å²) in [5.41, 5.74) is 2.59. The van der Waals surface area contributed by atoms with Gasteiger partial charge in [-0.1, -0.05) is 51.1 Å². The van der Waals surface area contributed by atoms with Crippen LogP contribution in [-0.4, -0.2) is 4.98 Å². The van der Waals surface area contributed by atoms with Gasteiger partial charge in [-0.05, 0) is 17.4 Å². The molecule has 90 valence electrons. The van der Waals surface area contributed by atoms with E-state index in [0.717, 1.165) is 24.3 Å². The zero-order chi connectivity index (χ0) is 12.3. The molecule has 1 heterocycles. The zero-order valence-corrected chi connectivity index (χ0v) is 10.7. The Bertz CT molecular complexity index is 465. The summed E-state index contributed by atoms with van der Waals surface area (Å²) >= 11 is 0. The van der Waals surface area contributed by atoms with Gasteiger partial charge in [0.2, 0.25) is 0 Å². The lowest BCUT2D eigenvalue weighted by Gasteiger charge is -2.16. The van der Waals surface area contributed by atoms with Crippen LogP contribution in [0.15, 0.2) is 41.1 Å². The van der Waals surface area contributed by atoms with E-state index < -0.39 is 0 Å². The number of benzene rings is 1. The molecule has 0 aliphatic heterocycles. The minimum atomic E-state index is 0.238. The molecule has 2 heteroatoms. The molecule has 0 spiro atoms. The third-order valence-corrected chi connectivity index (χ3v) is 2.63. The summed E-state index contributed by atoms with van der Waals surface area (Å²) in [7, 11) is 0. The highest BCUT2D eigenvalue weighted by Crippen LogP contribution is 2.23. The van der Waals surface area contributed by atoms with E-state index in [1.807, 2.05) is 6.07 Å². The largest absolute Gasteiger partial charge is 0.448 e. The molecular weight excluding hydrogens is 210 g/mol. The minimum Gasteiger partial charge on any atom is -0.448 e. The van der Waals surface area contributed by atoms with Crippen LogP contribution in [0, 0.1) is 5.41 Å². The van der Waals surface area contributed by atoms with Crippen LogP contribution < -0.4 is 0 Å². The molecule has 0 saturated heterocycles. The van der Waals surface area contributed by atoms with Crippen LogP contribution in [0.1, 0.15) is 37.8 Å². The number of nitrogens with zero attached hydrogens (tertiary/aromatic N) is 1. The third-order valence-electron chi connectivity index (χ3n) is 2.63. The van der Waals surface area contributed by atoms with Crippen LogP contribution in [0.3, 0.4) is 0 Å². The Balaban J connectivity index is 2.15.